The van der Waals surface area contributed by atoms with Crippen LogP contribution in [0.1, 0.15) is 44.6 Å². The van der Waals surface area contributed by atoms with E-state index in [0.29, 0.717) is 12.8 Å². The summed E-state index contributed by atoms with van der Waals surface area (Å²) in [7, 11) is 0. The fourth-order valence-corrected chi connectivity index (χ4v) is 3.02. The zero-order valence-electron chi connectivity index (χ0n) is 13.1. The van der Waals surface area contributed by atoms with Gasteiger partial charge in [-0.15, -0.1) is 0 Å². The molecule has 22 heavy (non-hydrogen) atoms. The van der Waals surface area contributed by atoms with E-state index in [9.17, 15) is 4.79 Å². The first kappa shape index (κ1) is 14.9. The molecule has 1 atom stereocenters. The topological polar surface area (TPSA) is 47.6 Å². The number of ether oxygens (including phenoxy) is 2. The second-order valence-electron chi connectivity index (χ2n) is 6.00. The lowest BCUT2D eigenvalue weighted by Crippen LogP contribution is -2.34. The summed E-state index contributed by atoms with van der Waals surface area (Å²) in [6.45, 7) is 2.36. The molecule has 2 aliphatic rings. The summed E-state index contributed by atoms with van der Waals surface area (Å²) >= 11 is 0. The van der Waals surface area contributed by atoms with Crippen molar-refractivity contribution in [3.05, 3.63) is 35.4 Å². The Hall–Kier alpha value is -1.97. The molecule has 0 bridgehead atoms. The van der Waals surface area contributed by atoms with Gasteiger partial charge < -0.3 is 14.8 Å². The van der Waals surface area contributed by atoms with Gasteiger partial charge in [0.15, 0.2) is 11.5 Å². The number of nitrogens with one attached hydrogen (secondary N) is 1. The number of fused-ring (bicyclic) bond motifs is 1. The molecule has 1 aliphatic heterocycles. The van der Waals surface area contributed by atoms with E-state index < -0.39 is 0 Å². The Bertz CT molecular complexity index is 580. The Balaban J connectivity index is 1.48. The molecule has 0 saturated carbocycles. The highest BCUT2D eigenvalue weighted by molar-refractivity contribution is 5.77. The van der Waals surface area contributed by atoms with Crippen molar-refractivity contribution in [2.45, 2.75) is 51.5 Å². The number of carbonyl (C=O) groups excluding carboxylic acids is 1. The number of hydrogen-bond donors (Lipinski definition) is 1. The Labute approximate surface area is 131 Å². The normalized spacial score (nSPS) is 17.8. The predicted molar refractivity (Wildman–Crippen MR) is 85.0 cm³/mol. The molecule has 118 valence electrons. The van der Waals surface area contributed by atoms with Gasteiger partial charge in [0.1, 0.15) is 0 Å². The summed E-state index contributed by atoms with van der Waals surface area (Å²) in [5, 5.41) is 3.11. The molecule has 1 aliphatic carbocycles. The number of hydrogen-bond acceptors (Lipinski definition) is 3. The van der Waals surface area contributed by atoms with Gasteiger partial charge >= 0.3 is 0 Å². The van der Waals surface area contributed by atoms with Gasteiger partial charge in [-0.3, -0.25) is 4.79 Å². The van der Waals surface area contributed by atoms with Crippen molar-refractivity contribution in [1.29, 1.82) is 0 Å². The molecule has 0 radical (unpaired) electrons. The highest BCUT2D eigenvalue weighted by Crippen LogP contribution is 2.32. The maximum Gasteiger partial charge on any atom is 0.231 e. The van der Waals surface area contributed by atoms with Crippen molar-refractivity contribution in [1.82, 2.24) is 5.32 Å². The second kappa shape index (κ2) is 6.86. The Kier molecular flexibility index (Phi) is 4.66. The van der Waals surface area contributed by atoms with Crippen LogP contribution in [0.15, 0.2) is 29.8 Å². The van der Waals surface area contributed by atoms with Crippen LogP contribution in [-0.2, 0) is 11.2 Å². The summed E-state index contributed by atoms with van der Waals surface area (Å²) < 4.78 is 10.7. The summed E-state index contributed by atoms with van der Waals surface area (Å²) in [4.78, 5) is 12.1. The standard InChI is InChI=1S/C18H23NO3/c1-13(15-5-3-2-4-6-15)19-18(20)10-8-14-7-9-16-17(11-14)22-12-21-16/h5,7,9,11,13H,2-4,6,8,10,12H2,1H3,(H,19,20). The third-order valence-corrected chi connectivity index (χ3v) is 4.34. The highest BCUT2D eigenvalue weighted by Gasteiger charge is 2.16. The van der Waals surface area contributed by atoms with Crippen molar-refractivity contribution in [2.24, 2.45) is 0 Å². The van der Waals surface area contributed by atoms with Gasteiger partial charge in [-0.1, -0.05) is 17.7 Å². The third-order valence-electron chi connectivity index (χ3n) is 4.34. The number of rotatable bonds is 5. The first-order valence-corrected chi connectivity index (χ1v) is 8.09. The van der Waals surface area contributed by atoms with Gasteiger partial charge in [0, 0.05) is 12.5 Å². The molecule has 1 aromatic rings. The van der Waals surface area contributed by atoms with Gasteiger partial charge in [-0.2, -0.15) is 0 Å². The number of allylic oxidation sites excluding steroid dienone is 1. The van der Waals surface area contributed by atoms with Crippen LogP contribution in [0.3, 0.4) is 0 Å². The molecule has 1 N–H and O–H groups in total. The second-order valence-corrected chi connectivity index (χ2v) is 6.00. The van der Waals surface area contributed by atoms with E-state index in [4.69, 9.17) is 9.47 Å². The van der Waals surface area contributed by atoms with E-state index in [1.165, 1.54) is 18.4 Å². The lowest BCUT2D eigenvalue weighted by Gasteiger charge is -2.20. The van der Waals surface area contributed by atoms with Crippen molar-refractivity contribution in [3.63, 3.8) is 0 Å². The molecule has 4 heteroatoms. The summed E-state index contributed by atoms with van der Waals surface area (Å²) in [5.41, 5.74) is 2.48. The van der Waals surface area contributed by atoms with Crippen LogP contribution in [0.2, 0.25) is 0 Å². The molecule has 1 amide bonds. The molecule has 4 nitrogen and oxygen atoms in total. The lowest BCUT2D eigenvalue weighted by atomic mass is 9.94. The molecule has 0 aromatic heterocycles. The van der Waals surface area contributed by atoms with Crippen LogP contribution in [0, 0.1) is 0 Å². The summed E-state index contributed by atoms with van der Waals surface area (Å²) in [5.74, 6) is 1.67. The zero-order valence-corrected chi connectivity index (χ0v) is 13.1. The summed E-state index contributed by atoms with van der Waals surface area (Å²) in [6.07, 6.45) is 8.27. The molecule has 3 rings (SSSR count). The van der Waals surface area contributed by atoms with Gasteiger partial charge in [0.05, 0.1) is 0 Å². The van der Waals surface area contributed by atoms with E-state index in [0.717, 1.165) is 29.9 Å². The van der Waals surface area contributed by atoms with Crippen molar-refractivity contribution >= 4 is 5.91 Å². The summed E-state index contributed by atoms with van der Waals surface area (Å²) in [6, 6.07) is 6.02. The lowest BCUT2D eigenvalue weighted by molar-refractivity contribution is -0.121. The quantitative estimate of drug-likeness (QED) is 0.848. The van der Waals surface area contributed by atoms with E-state index in [1.807, 2.05) is 18.2 Å². The van der Waals surface area contributed by atoms with E-state index in [2.05, 4.69) is 18.3 Å². The first-order valence-electron chi connectivity index (χ1n) is 8.09. The van der Waals surface area contributed by atoms with Gasteiger partial charge in [-0.25, -0.2) is 0 Å². The fourth-order valence-electron chi connectivity index (χ4n) is 3.02. The fraction of sp³-hybridized carbons (Fsp3) is 0.500. The Morgan fingerprint density at radius 3 is 2.95 bits per heavy atom. The molecule has 0 spiro atoms. The van der Waals surface area contributed by atoms with E-state index >= 15 is 0 Å². The van der Waals surface area contributed by atoms with Crippen LogP contribution >= 0.6 is 0 Å². The third kappa shape index (κ3) is 3.62. The smallest absolute Gasteiger partial charge is 0.231 e. The minimum atomic E-state index is 0.108. The first-order chi connectivity index (χ1) is 10.7. The Morgan fingerprint density at radius 2 is 2.14 bits per heavy atom. The molecule has 1 heterocycles. The number of aryl methyl sites for hydroxylation is 1. The van der Waals surface area contributed by atoms with Crippen LogP contribution in [-0.4, -0.2) is 18.7 Å². The van der Waals surface area contributed by atoms with Crippen molar-refractivity contribution in [3.8, 4) is 11.5 Å². The van der Waals surface area contributed by atoms with Crippen molar-refractivity contribution < 1.29 is 14.3 Å². The van der Waals surface area contributed by atoms with Gasteiger partial charge in [0.2, 0.25) is 12.7 Å². The number of amides is 1. The average molecular weight is 301 g/mol. The minimum Gasteiger partial charge on any atom is -0.454 e. The van der Waals surface area contributed by atoms with Gasteiger partial charge in [0.25, 0.3) is 0 Å². The molecule has 1 aromatic carbocycles. The molecule has 0 fully saturated rings. The highest BCUT2D eigenvalue weighted by atomic mass is 16.7. The van der Waals surface area contributed by atoms with Crippen LogP contribution in [0.25, 0.3) is 0 Å². The predicted octanol–water partition coefficient (Wildman–Crippen LogP) is 3.35. The zero-order chi connectivity index (χ0) is 15.4. The number of carbonyl (C=O) groups is 1. The molecule has 1 unspecified atom stereocenters. The van der Waals surface area contributed by atoms with E-state index in [1.54, 1.807) is 0 Å². The average Bonchev–Trinajstić information content (AvgIpc) is 3.01. The SMILES string of the molecule is CC(NC(=O)CCc1ccc2c(c1)OCO2)C1=CCCCC1. The van der Waals surface area contributed by atoms with Crippen LogP contribution < -0.4 is 14.8 Å². The molecule has 0 saturated heterocycles. The van der Waals surface area contributed by atoms with Crippen LogP contribution in [0.5, 0.6) is 11.5 Å². The molecular formula is C18H23NO3. The van der Waals surface area contributed by atoms with Crippen LogP contribution in [0.4, 0.5) is 0 Å². The monoisotopic (exact) mass is 301 g/mol. The van der Waals surface area contributed by atoms with Gasteiger partial charge in [-0.05, 0) is 56.7 Å². The Morgan fingerprint density at radius 1 is 1.27 bits per heavy atom. The van der Waals surface area contributed by atoms with E-state index in [-0.39, 0.29) is 18.7 Å². The minimum absolute atomic E-state index is 0.108. The largest absolute Gasteiger partial charge is 0.454 e. The van der Waals surface area contributed by atoms with Crippen molar-refractivity contribution in [2.75, 3.05) is 6.79 Å². The molecular weight excluding hydrogens is 278 g/mol. The number of benzene rings is 1. The maximum absolute atomic E-state index is 12.1. The maximum atomic E-state index is 12.1.